The first kappa shape index (κ1) is 24.3. The van der Waals surface area contributed by atoms with Gasteiger partial charge in [-0.2, -0.15) is 0 Å². The van der Waals surface area contributed by atoms with Crippen LogP contribution in [-0.4, -0.2) is 37.3 Å². The molecule has 0 saturated heterocycles. The molecule has 0 unspecified atom stereocenters. The summed E-state index contributed by atoms with van der Waals surface area (Å²) in [6.07, 6.45) is 0. The van der Waals surface area contributed by atoms with Gasteiger partial charge < -0.3 is 25.4 Å². The number of methoxy groups -OCH3 is 2. The molecule has 7 nitrogen and oxygen atoms in total. The number of fused-ring (bicyclic) bond motifs is 1. The molecular weight excluding hydrogens is 438 g/mol. The van der Waals surface area contributed by atoms with Crippen LogP contribution >= 0.6 is 0 Å². The number of rotatable bonds is 10. The minimum Gasteiger partial charge on any atom is -0.493 e. The van der Waals surface area contributed by atoms with Crippen LogP contribution in [-0.2, 0) is 13.1 Å². The van der Waals surface area contributed by atoms with Gasteiger partial charge in [0.2, 0.25) is 5.95 Å². The van der Waals surface area contributed by atoms with Crippen molar-refractivity contribution in [3.63, 3.8) is 0 Å². The Labute approximate surface area is 206 Å². The largest absolute Gasteiger partial charge is 0.493 e. The maximum Gasteiger partial charge on any atom is 0.223 e. The highest BCUT2D eigenvalue weighted by Gasteiger charge is 2.14. The number of ether oxygens (including phenoxy) is 2. The second-order valence-corrected chi connectivity index (χ2v) is 8.66. The van der Waals surface area contributed by atoms with E-state index in [1.54, 1.807) is 14.2 Å². The maximum absolute atomic E-state index is 5.53. The van der Waals surface area contributed by atoms with Crippen molar-refractivity contribution in [2.45, 2.75) is 33.0 Å². The molecule has 0 aliphatic carbocycles. The van der Waals surface area contributed by atoms with Gasteiger partial charge in [-0.25, -0.2) is 9.97 Å². The summed E-state index contributed by atoms with van der Waals surface area (Å²) in [6, 6.07) is 21.2. The molecular formula is C28H33N5O2. The summed E-state index contributed by atoms with van der Waals surface area (Å²) in [6.45, 7) is 5.93. The maximum atomic E-state index is 5.53. The summed E-state index contributed by atoms with van der Waals surface area (Å²) < 4.78 is 11.0. The smallest absolute Gasteiger partial charge is 0.223 e. The van der Waals surface area contributed by atoms with Crippen LogP contribution in [0.5, 0.6) is 11.5 Å². The van der Waals surface area contributed by atoms with E-state index in [0.717, 1.165) is 40.9 Å². The lowest BCUT2D eigenvalue weighted by molar-refractivity contribution is 0.356. The van der Waals surface area contributed by atoms with Gasteiger partial charge in [0.15, 0.2) is 11.5 Å². The molecule has 0 atom stereocenters. The zero-order valence-electron chi connectivity index (χ0n) is 21.0. The van der Waals surface area contributed by atoms with E-state index in [1.165, 1.54) is 11.1 Å². The lowest BCUT2D eigenvalue weighted by Gasteiger charge is -2.14. The normalized spacial score (nSPS) is 11.0. The molecule has 0 aliphatic heterocycles. The number of hydrogen-bond donors (Lipinski definition) is 3. The zero-order valence-corrected chi connectivity index (χ0v) is 21.0. The van der Waals surface area contributed by atoms with Crippen molar-refractivity contribution < 1.29 is 9.47 Å². The van der Waals surface area contributed by atoms with E-state index in [4.69, 9.17) is 14.5 Å². The Hall–Kier alpha value is -3.84. The molecule has 4 aromatic rings. The van der Waals surface area contributed by atoms with E-state index in [-0.39, 0.29) is 0 Å². The molecule has 0 bridgehead atoms. The van der Waals surface area contributed by atoms with Crippen molar-refractivity contribution in [3.8, 4) is 22.8 Å². The van der Waals surface area contributed by atoms with Gasteiger partial charge >= 0.3 is 0 Å². The Kier molecular flexibility index (Phi) is 7.67. The van der Waals surface area contributed by atoms with Crippen LogP contribution in [0.3, 0.4) is 0 Å². The molecule has 182 valence electrons. The molecule has 3 N–H and O–H groups in total. The van der Waals surface area contributed by atoms with Crippen molar-refractivity contribution in [2.75, 3.05) is 31.9 Å². The first-order chi connectivity index (χ1) is 17.0. The van der Waals surface area contributed by atoms with Crippen LogP contribution in [0.15, 0.2) is 60.7 Å². The molecule has 7 heteroatoms. The predicted octanol–water partition coefficient (Wildman–Crippen LogP) is 5.47. The number of aromatic nitrogens is 2. The molecule has 0 amide bonds. The number of hydrogen-bond acceptors (Lipinski definition) is 7. The number of benzene rings is 3. The third-order valence-electron chi connectivity index (χ3n) is 5.79. The Morgan fingerprint density at radius 2 is 1.51 bits per heavy atom. The zero-order chi connectivity index (χ0) is 24.8. The average Bonchev–Trinajstić information content (AvgIpc) is 2.89. The average molecular weight is 472 g/mol. The monoisotopic (exact) mass is 471 g/mol. The van der Waals surface area contributed by atoms with Gasteiger partial charge in [0.05, 0.1) is 25.4 Å². The van der Waals surface area contributed by atoms with Crippen molar-refractivity contribution in [3.05, 3.63) is 71.8 Å². The van der Waals surface area contributed by atoms with Crippen LogP contribution in [0.1, 0.15) is 25.0 Å². The van der Waals surface area contributed by atoms with Crippen LogP contribution in [0, 0.1) is 0 Å². The summed E-state index contributed by atoms with van der Waals surface area (Å²) in [7, 11) is 5.06. The van der Waals surface area contributed by atoms with E-state index in [9.17, 15) is 0 Å². The first-order valence-electron chi connectivity index (χ1n) is 11.8. The Balaban J connectivity index is 1.59. The summed E-state index contributed by atoms with van der Waals surface area (Å²) in [4.78, 5) is 9.38. The number of anilines is 2. The lowest BCUT2D eigenvalue weighted by Crippen LogP contribution is -2.21. The highest BCUT2D eigenvalue weighted by molar-refractivity contribution is 5.95. The predicted molar refractivity (Wildman–Crippen MR) is 143 cm³/mol. The number of nitrogens with one attached hydrogen (secondary N) is 3. The van der Waals surface area contributed by atoms with Gasteiger partial charge in [0, 0.05) is 48.9 Å². The van der Waals surface area contributed by atoms with Crippen LogP contribution in [0.4, 0.5) is 11.6 Å². The molecule has 1 heterocycles. The molecule has 3 aromatic carbocycles. The fourth-order valence-corrected chi connectivity index (χ4v) is 3.87. The summed E-state index contributed by atoms with van der Waals surface area (Å²) in [5, 5.41) is 10.9. The Morgan fingerprint density at radius 1 is 0.829 bits per heavy atom. The van der Waals surface area contributed by atoms with Crippen LogP contribution < -0.4 is 25.4 Å². The van der Waals surface area contributed by atoms with Crippen molar-refractivity contribution in [1.29, 1.82) is 0 Å². The van der Waals surface area contributed by atoms with Crippen molar-refractivity contribution >= 4 is 22.5 Å². The highest BCUT2D eigenvalue weighted by atomic mass is 16.5. The SMILES string of the molecule is CNc1nc(-c2cccc(NCc3ccc(CNC(C)C)cc3)c2)c2cc(OC)c(OC)cc2n1. The molecule has 4 rings (SSSR count). The molecule has 0 aliphatic rings. The van der Waals surface area contributed by atoms with E-state index in [0.29, 0.717) is 23.5 Å². The molecule has 0 fully saturated rings. The summed E-state index contributed by atoms with van der Waals surface area (Å²) >= 11 is 0. The second kappa shape index (κ2) is 11.1. The molecule has 35 heavy (non-hydrogen) atoms. The minimum absolute atomic E-state index is 0.475. The number of nitrogens with zero attached hydrogens (tertiary/aromatic N) is 2. The van der Waals surface area contributed by atoms with Gasteiger partial charge in [0.25, 0.3) is 0 Å². The molecule has 0 spiro atoms. The third-order valence-corrected chi connectivity index (χ3v) is 5.79. The summed E-state index contributed by atoms with van der Waals surface area (Å²) in [5.41, 5.74) is 6.12. The van der Waals surface area contributed by atoms with E-state index in [1.807, 2.05) is 25.2 Å². The van der Waals surface area contributed by atoms with Crippen molar-refractivity contribution in [2.24, 2.45) is 0 Å². The molecule has 0 radical (unpaired) electrons. The first-order valence-corrected chi connectivity index (χ1v) is 11.8. The second-order valence-electron chi connectivity index (χ2n) is 8.66. The topological polar surface area (TPSA) is 80.3 Å². The summed E-state index contributed by atoms with van der Waals surface area (Å²) in [5.74, 6) is 1.82. The van der Waals surface area contributed by atoms with E-state index >= 15 is 0 Å². The molecule has 1 aromatic heterocycles. The molecule has 0 saturated carbocycles. The third kappa shape index (κ3) is 5.81. The fourth-order valence-electron chi connectivity index (χ4n) is 3.87. The van der Waals surface area contributed by atoms with Gasteiger partial charge in [-0.15, -0.1) is 0 Å². The van der Waals surface area contributed by atoms with E-state index < -0.39 is 0 Å². The van der Waals surface area contributed by atoms with Crippen LogP contribution in [0.2, 0.25) is 0 Å². The van der Waals surface area contributed by atoms with Gasteiger partial charge in [-0.1, -0.05) is 50.2 Å². The van der Waals surface area contributed by atoms with E-state index in [2.05, 4.69) is 77.2 Å². The minimum atomic E-state index is 0.475. The Morgan fingerprint density at radius 3 is 2.17 bits per heavy atom. The standard InChI is InChI=1S/C28H33N5O2/c1-18(2)30-16-19-9-11-20(12-10-19)17-31-22-8-6-7-21(13-22)27-23-14-25(34-4)26(35-5)15-24(23)32-28(29-3)33-27/h6-15,18,30-31H,16-17H2,1-5H3,(H,29,32,33). The Bertz CT molecular complexity index is 1290. The van der Waals surface area contributed by atoms with Gasteiger partial charge in [-0.3, -0.25) is 0 Å². The lowest BCUT2D eigenvalue weighted by atomic mass is 10.0. The highest BCUT2D eigenvalue weighted by Crippen LogP contribution is 2.36. The fraction of sp³-hybridized carbons (Fsp3) is 0.286. The van der Waals surface area contributed by atoms with Crippen molar-refractivity contribution in [1.82, 2.24) is 15.3 Å². The quantitative estimate of drug-likeness (QED) is 0.283. The van der Waals surface area contributed by atoms with Gasteiger partial charge in [0.1, 0.15) is 0 Å². The van der Waals surface area contributed by atoms with Crippen LogP contribution in [0.25, 0.3) is 22.2 Å². The van der Waals surface area contributed by atoms with Gasteiger partial charge in [-0.05, 0) is 29.3 Å².